The normalized spacial score (nSPS) is 15.4. The van der Waals surface area contributed by atoms with Gasteiger partial charge in [-0.15, -0.1) is 20.4 Å². The highest BCUT2D eigenvalue weighted by Gasteiger charge is 2.38. The molecule has 4 rings (SSSR count). The maximum absolute atomic E-state index is 13.0. The first-order valence-corrected chi connectivity index (χ1v) is 8.58. The molecule has 0 aliphatic heterocycles. The van der Waals surface area contributed by atoms with Crippen LogP contribution in [0.3, 0.4) is 0 Å². The van der Waals surface area contributed by atoms with Crippen molar-refractivity contribution in [3.05, 3.63) is 23.8 Å². The molecule has 11 heteroatoms. The van der Waals surface area contributed by atoms with Gasteiger partial charge >= 0.3 is 6.18 Å². The summed E-state index contributed by atoms with van der Waals surface area (Å²) in [6.45, 7) is 4.07. The number of nitrogens with zero attached hydrogens (tertiary/aromatic N) is 7. The topological polar surface area (TPSA) is 73.8 Å². The third-order valence-electron chi connectivity index (χ3n) is 3.81. The highest BCUT2D eigenvalue weighted by atomic mass is 32.2. The number of hydrogen-bond acceptors (Lipinski definition) is 6. The molecule has 3 aromatic heterocycles. The van der Waals surface area contributed by atoms with E-state index in [2.05, 4.69) is 30.1 Å². The van der Waals surface area contributed by atoms with Gasteiger partial charge in [0.1, 0.15) is 10.9 Å². The van der Waals surface area contributed by atoms with Gasteiger partial charge in [-0.3, -0.25) is 0 Å². The van der Waals surface area contributed by atoms with Crippen molar-refractivity contribution in [1.29, 1.82) is 0 Å². The van der Waals surface area contributed by atoms with Crippen LogP contribution in [0.2, 0.25) is 0 Å². The summed E-state index contributed by atoms with van der Waals surface area (Å²) in [4.78, 5) is 0. The molecule has 0 aromatic carbocycles. The molecule has 0 spiro atoms. The molecule has 7 nitrogen and oxygen atoms in total. The van der Waals surface area contributed by atoms with E-state index in [4.69, 9.17) is 0 Å². The lowest BCUT2D eigenvalue weighted by Gasteiger charge is -2.10. The Hall–Kier alpha value is -2.17. The molecule has 0 N–H and O–H groups in total. The summed E-state index contributed by atoms with van der Waals surface area (Å²) >= 11 is 1.19. The molecule has 1 fully saturated rings. The molecule has 3 aromatic rings. The Morgan fingerprint density at radius 3 is 2.52 bits per heavy atom. The van der Waals surface area contributed by atoms with Gasteiger partial charge in [0.25, 0.3) is 5.82 Å². The van der Waals surface area contributed by atoms with Crippen molar-refractivity contribution >= 4 is 17.4 Å². The van der Waals surface area contributed by atoms with Crippen LogP contribution in [0.25, 0.3) is 5.65 Å². The molecule has 1 aliphatic carbocycles. The maximum Gasteiger partial charge on any atom is 0.453 e. The van der Waals surface area contributed by atoms with Crippen LogP contribution in [0.1, 0.15) is 50.3 Å². The smallest absolute Gasteiger partial charge is 0.302 e. The number of rotatable bonds is 4. The number of hydrogen-bond donors (Lipinski definition) is 0. The second kappa shape index (κ2) is 5.68. The van der Waals surface area contributed by atoms with Gasteiger partial charge in [0.2, 0.25) is 0 Å². The maximum atomic E-state index is 13.0. The van der Waals surface area contributed by atoms with Crippen molar-refractivity contribution < 1.29 is 13.2 Å². The molecule has 3 heterocycles. The van der Waals surface area contributed by atoms with Crippen LogP contribution in [0.15, 0.2) is 22.3 Å². The minimum atomic E-state index is -4.62. The minimum absolute atomic E-state index is 0.0446. The van der Waals surface area contributed by atoms with E-state index in [1.54, 1.807) is 6.07 Å². The van der Waals surface area contributed by atoms with E-state index in [0.29, 0.717) is 20.7 Å². The second-order valence-electron chi connectivity index (χ2n) is 6.16. The van der Waals surface area contributed by atoms with Crippen LogP contribution in [0.4, 0.5) is 13.2 Å². The van der Waals surface area contributed by atoms with Crippen LogP contribution in [-0.4, -0.2) is 34.6 Å². The van der Waals surface area contributed by atoms with Crippen LogP contribution >= 0.6 is 11.8 Å². The van der Waals surface area contributed by atoms with Crippen LogP contribution < -0.4 is 0 Å². The van der Waals surface area contributed by atoms with E-state index in [1.165, 1.54) is 17.8 Å². The van der Waals surface area contributed by atoms with Crippen molar-refractivity contribution in [3.8, 4) is 0 Å². The van der Waals surface area contributed by atoms with Gasteiger partial charge < -0.3 is 4.57 Å². The minimum Gasteiger partial charge on any atom is -0.302 e. The van der Waals surface area contributed by atoms with E-state index >= 15 is 0 Å². The van der Waals surface area contributed by atoms with E-state index in [9.17, 15) is 13.2 Å². The van der Waals surface area contributed by atoms with Crippen molar-refractivity contribution in [3.63, 3.8) is 0 Å². The molecule has 0 atom stereocenters. The standard InChI is InChI=1S/C14H14F3N7S/c1-7(2)11-19-21-13(23(11)8-3-4-8)25-10-6-5-9-18-20-12(14(15,16)17)24(9)22-10/h5-8H,3-4H2,1-2H3. The average Bonchev–Trinajstić information content (AvgIpc) is 3.13. The molecule has 0 saturated heterocycles. The van der Waals surface area contributed by atoms with Crippen LogP contribution in [0.5, 0.6) is 0 Å². The van der Waals surface area contributed by atoms with E-state index in [0.717, 1.165) is 18.7 Å². The Labute approximate surface area is 144 Å². The molecule has 0 radical (unpaired) electrons. The molecular weight excluding hydrogens is 355 g/mol. The summed E-state index contributed by atoms with van der Waals surface area (Å²) in [5.41, 5.74) is 0.0446. The summed E-state index contributed by atoms with van der Waals surface area (Å²) in [5.74, 6) is -0.0459. The van der Waals surface area contributed by atoms with Gasteiger partial charge in [-0.05, 0) is 36.7 Å². The zero-order valence-electron chi connectivity index (χ0n) is 13.4. The van der Waals surface area contributed by atoms with Crippen molar-refractivity contribution in [2.75, 3.05) is 0 Å². The van der Waals surface area contributed by atoms with Crippen LogP contribution in [0, 0.1) is 0 Å². The van der Waals surface area contributed by atoms with Crippen LogP contribution in [-0.2, 0) is 6.18 Å². The quantitative estimate of drug-likeness (QED) is 0.702. The fourth-order valence-electron chi connectivity index (χ4n) is 2.52. The predicted octanol–water partition coefficient (Wildman–Crippen LogP) is 3.34. The molecule has 1 aliphatic rings. The lowest BCUT2D eigenvalue weighted by molar-refractivity contribution is -0.146. The van der Waals surface area contributed by atoms with Gasteiger partial charge in [-0.1, -0.05) is 13.8 Å². The zero-order valence-corrected chi connectivity index (χ0v) is 14.2. The third-order valence-corrected chi connectivity index (χ3v) is 4.69. The van der Waals surface area contributed by atoms with Gasteiger partial charge in [-0.2, -0.15) is 22.8 Å². The van der Waals surface area contributed by atoms with Gasteiger partial charge in [0, 0.05) is 12.0 Å². The fourth-order valence-corrected chi connectivity index (χ4v) is 3.39. The summed E-state index contributed by atoms with van der Waals surface area (Å²) in [7, 11) is 0. The second-order valence-corrected chi connectivity index (χ2v) is 7.15. The van der Waals surface area contributed by atoms with Crippen molar-refractivity contribution in [2.45, 2.75) is 55.0 Å². The molecule has 0 amide bonds. The van der Waals surface area contributed by atoms with E-state index < -0.39 is 12.0 Å². The predicted molar refractivity (Wildman–Crippen MR) is 82.3 cm³/mol. The Bertz CT molecular complexity index is 926. The van der Waals surface area contributed by atoms with Gasteiger partial charge in [0.15, 0.2) is 10.8 Å². The number of fused-ring (bicyclic) bond motifs is 1. The summed E-state index contributed by atoms with van der Waals surface area (Å²) in [6.07, 6.45) is -2.50. The van der Waals surface area contributed by atoms with Crippen molar-refractivity contribution in [2.24, 2.45) is 0 Å². The van der Waals surface area contributed by atoms with Gasteiger partial charge in [-0.25, -0.2) is 0 Å². The number of halogens is 3. The molecule has 0 bridgehead atoms. The highest BCUT2D eigenvalue weighted by Crippen LogP contribution is 2.41. The Kier molecular flexibility index (Phi) is 3.71. The number of aromatic nitrogens is 7. The first-order chi connectivity index (χ1) is 11.8. The SMILES string of the molecule is CC(C)c1nnc(Sc2ccc3nnc(C(F)(F)F)n3n2)n1C1CC1. The average molecular weight is 369 g/mol. The number of alkyl halides is 3. The summed E-state index contributed by atoms with van der Waals surface area (Å²) in [6, 6.07) is 3.42. The molecular formula is C14H14F3N7S. The van der Waals surface area contributed by atoms with Gasteiger partial charge in [0.05, 0.1) is 0 Å². The van der Waals surface area contributed by atoms with Crippen molar-refractivity contribution in [1.82, 2.24) is 34.6 Å². The molecule has 25 heavy (non-hydrogen) atoms. The summed E-state index contributed by atoms with van der Waals surface area (Å²) in [5, 5.41) is 20.2. The first kappa shape index (κ1) is 16.3. The largest absolute Gasteiger partial charge is 0.453 e. The fraction of sp³-hybridized carbons (Fsp3) is 0.500. The Balaban J connectivity index is 1.72. The lowest BCUT2D eigenvalue weighted by atomic mass is 10.2. The molecule has 1 saturated carbocycles. The lowest BCUT2D eigenvalue weighted by Crippen LogP contribution is -2.12. The van der Waals surface area contributed by atoms with E-state index in [1.807, 2.05) is 13.8 Å². The Morgan fingerprint density at radius 2 is 1.88 bits per heavy atom. The monoisotopic (exact) mass is 369 g/mol. The van der Waals surface area contributed by atoms with E-state index in [-0.39, 0.29) is 11.6 Å². The molecule has 132 valence electrons. The first-order valence-electron chi connectivity index (χ1n) is 7.77. The third kappa shape index (κ3) is 2.96. The molecule has 0 unspecified atom stereocenters. The highest BCUT2D eigenvalue weighted by molar-refractivity contribution is 7.99. The Morgan fingerprint density at radius 1 is 1.12 bits per heavy atom. The summed E-state index contributed by atoms with van der Waals surface area (Å²) < 4.78 is 41.7. The zero-order chi connectivity index (χ0) is 17.8.